The van der Waals surface area contributed by atoms with Gasteiger partial charge in [-0.15, -0.1) is 0 Å². The lowest BCUT2D eigenvalue weighted by molar-refractivity contribution is 0.110. The zero-order chi connectivity index (χ0) is 11.5. The molecule has 0 aliphatic carbocycles. The first-order chi connectivity index (χ1) is 7.66. The van der Waals surface area contributed by atoms with Crippen LogP contribution in [0.25, 0.3) is 0 Å². The molecule has 1 unspecified atom stereocenters. The van der Waals surface area contributed by atoms with E-state index in [0.29, 0.717) is 5.92 Å². The fourth-order valence-electron chi connectivity index (χ4n) is 2.18. The molecule has 1 saturated heterocycles. The van der Waals surface area contributed by atoms with Gasteiger partial charge in [0.25, 0.3) is 5.56 Å². The van der Waals surface area contributed by atoms with Crippen LogP contribution in [0.3, 0.4) is 0 Å². The number of piperidine rings is 1. The number of aromatic nitrogens is 2. The number of nitrogens with one attached hydrogen (secondary N) is 1. The van der Waals surface area contributed by atoms with E-state index >= 15 is 0 Å². The Bertz CT molecular complexity index is 394. The van der Waals surface area contributed by atoms with Crippen molar-refractivity contribution in [3.05, 3.63) is 22.6 Å². The van der Waals surface area contributed by atoms with E-state index in [1.807, 2.05) is 6.92 Å². The Morgan fingerprint density at radius 1 is 1.56 bits per heavy atom. The summed E-state index contributed by atoms with van der Waals surface area (Å²) in [6.07, 6.45) is 3.36. The largest absolute Gasteiger partial charge is 0.393 e. The number of hydrogen-bond donors (Lipinski definition) is 2. The number of aliphatic hydroxyl groups is 1. The molecule has 0 aromatic carbocycles. The molecule has 0 spiro atoms. The van der Waals surface area contributed by atoms with E-state index in [-0.39, 0.29) is 11.7 Å². The third kappa shape index (κ3) is 2.41. The van der Waals surface area contributed by atoms with Crippen molar-refractivity contribution in [3.63, 3.8) is 0 Å². The van der Waals surface area contributed by atoms with Crippen LogP contribution in [0.2, 0.25) is 0 Å². The first-order valence-corrected chi connectivity index (χ1v) is 5.64. The molecule has 5 nitrogen and oxygen atoms in total. The third-order valence-corrected chi connectivity index (χ3v) is 3.24. The highest BCUT2D eigenvalue weighted by atomic mass is 16.3. The summed E-state index contributed by atoms with van der Waals surface area (Å²) < 4.78 is 0. The standard InChI is InChI=1S/C11H17N3O2/c1-8(15)9-2-4-14(5-3-9)10-6-11(16)13-12-7-10/h6-9,15H,2-5H2,1H3,(H,13,16). The summed E-state index contributed by atoms with van der Waals surface area (Å²) in [6.45, 7) is 3.59. The van der Waals surface area contributed by atoms with Crippen molar-refractivity contribution < 1.29 is 5.11 Å². The van der Waals surface area contributed by atoms with Gasteiger partial charge in [0, 0.05) is 19.2 Å². The van der Waals surface area contributed by atoms with Gasteiger partial charge >= 0.3 is 0 Å². The summed E-state index contributed by atoms with van der Waals surface area (Å²) in [6, 6.07) is 1.57. The molecule has 2 heterocycles. The molecule has 0 bridgehead atoms. The molecule has 0 amide bonds. The molecular weight excluding hydrogens is 206 g/mol. The third-order valence-electron chi connectivity index (χ3n) is 3.24. The van der Waals surface area contributed by atoms with E-state index in [1.54, 1.807) is 12.3 Å². The van der Waals surface area contributed by atoms with Gasteiger partial charge in [-0.2, -0.15) is 5.10 Å². The van der Waals surface area contributed by atoms with Crippen molar-refractivity contribution in [2.45, 2.75) is 25.9 Å². The number of anilines is 1. The van der Waals surface area contributed by atoms with Crippen molar-refractivity contribution in [2.75, 3.05) is 18.0 Å². The highest BCUT2D eigenvalue weighted by Crippen LogP contribution is 2.23. The second-order valence-corrected chi connectivity index (χ2v) is 4.37. The summed E-state index contributed by atoms with van der Waals surface area (Å²) in [5.41, 5.74) is 0.697. The fraction of sp³-hybridized carbons (Fsp3) is 0.636. The minimum Gasteiger partial charge on any atom is -0.393 e. The van der Waals surface area contributed by atoms with E-state index in [9.17, 15) is 9.90 Å². The first-order valence-electron chi connectivity index (χ1n) is 5.64. The molecule has 2 rings (SSSR count). The van der Waals surface area contributed by atoms with E-state index in [1.165, 1.54) is 0 Å². The van der Waals surface area contributed by atoms with E-state index in [0.717, 1.165) is 31.6 Å². The van der Waals surface area contributed by atoms with Crippen LogP contribution in [-0.4, -0.2) is 34.5 Å². The lowest BCUT2D eigenvalue weighted by Gasteiger charge is -2.34. The Morgan fingerprint density at radius 3 is 2.81 bits per heavy atom. The maximum Gasteiger partial charge on any atom is 0.266 e. The minimum atomic E-state index is -0.237. The highest BCUT2D eigenvalue weighted by Gasteiger charge is 2.22. The summed E-state index contributed by atoms with van der Waals surface area (Å²) in [5, 5.41) is 15.6. The monoisotopic (exact) mass is 223 g/mol. The number of nitrogens with zero attached hydrogens (tertiary/aromatic N) is 2. The van der Waals surface area contributed by atoms with Crippen molar-refractivity contribution in [1.82, 2.24) is 10.2 Å². The van der Waals surface area contributed by atoms with Gasteiger partial charge < -0.3 is 10.0 Å². The predicted molar refractivity (Wildman–Crippen MR) is 61.5 cm³/mol. The van der Waals surface area contributed by atoms with Gasteiger partial charge in [-0.25, -0.2) is 5.10 Å². The van der Waals surface area contributed by atoms with Crippen molar-refractivity contribution in [1.29, 1.82) is 0 Å². The van der Waals surface area contributed by atoms with Crippen LogP contribution in [-0.2, 0) is 0 Å². The van der Waals surface area contributed by atoms with Gasteiger partial charge in [-0.1, -0.05) is 0 Å². The maximum absolute atomic E-state index is 11.1. The Hall–Kier alpha value is -1.36. The lowest BCUT2D eigenvalue weighted by atomic mass is 9.92. The second kappa shape index (κ2) is 4.65. The van der Waals surface area contributed by atoms with Crippen LogP contribution in [0.1, 0.15) is 19.8 Å². The number of rotatable bonds is 2. The SMILES string of the molecule is CC(O)C1CCN(c2cn[nH]c(=O)c2)CC1. The normalized spacial score (nSPS) is 19.8. The zero-order valence-corrected chi connectivity index (χ0v) is 9.39. The minimum absolute atomic E-state index is 0.171. The van der Waals surface area contributed by atoms with Gasteiger partial charge in [0.2, 0.25) is 0 Å². The van der Waals surface area contributed by atoms with Crippen LogP contribution in [0.5, 0.6) is 0 Å². The Kier molecular flexibility index (Phi) is 3.24. The molecule has 1 aromatic heterocycles. The number of hydrogen-bond acceptors (Lipinski definition) is 4. The van der Waals surface area contributed by atoms with Crippen molar-refractivity contribution in [3.8, 4) is 0 Å². The fourth-order valence-corrected chi connectivity index (χ4v) is 2.18. The summed E-state index contributed by atoms with van der Waals surface area (Å²) in [7, 11) is 0. The molecule has 5 heteroatoms. The lowest BCUT2D eigenvalue weighted by Crippen LogP contribution is -2.37. The second-order valence-electron chi connectivity index (χ2n) is 4.37. The number of aromatic amines is 1. The van der Waals surface area contributed by atoms with Crippen LogP contribution < -0.4 is 10.5 Å². The maximum atomic E-state index is 11.1. The molecule has 88 valence electrons. The van der Waals surface area contributed by atoms with Crippen LogP contribution in [0.4, 0.5) is 5.69 Å². The molecule has 1 aliphatic rings. The molecule has 16 heavy (non-hydrogen) atoms. The van der Waals surface area contributed by atoms with Gasteiger partial charge in [-0.05, 0) is 25.7 Å². The van der Waals surface area contributed by atoms with E-state index in [4.69, 9.17) is 0 Å². The molecule has 1 aliphatic heterocycles. The molecule has 1 aromatic rings. The highest BCUT2D eigenvalue weighted by molar-refractivity contribution is 5.43. The molecule has 0 radical (unpaired) electrons. The van der Waals surface area contributed by atoms with Gasteiger partial charge in [0.1, 0.15) is 0 Å². The van der Waals surface area contributed by atoms with Crippen LogP contribution >= 0.6 is 0 Å². The smallest absolute Gasteiger partial charge is 0.266 e. The van der Waals surface area contributed by atoms with Gasteiger partial charge in [0.05, 0.1) is 18.0 Å². The molecule has 1 atom stereocenters. The van der Waals surface area contributed by atoms with Crippen LogP contribution in [0, 0.1) is 5.92 Å². The van der Waals surface area contributed by atoms with E-state index < -0.39 is 0 Å². The average Bonchev–Trinajstić information content (AvgIpc) is 2.29. The quantitative estimate of drug-likeness (QED) is 0.760. The number of aliphatic hydroxyl groups excluding tert-OH is 1. The summed E-state index contributed by atoms with van der Waals surface area (Å²) >= 11 is 0. The van der Waals surface area contributed by atoms with E-state index in [2.05, 4.69) is 15.1 Å². The predicted octanol–water partition coefficient (Wildman–Crippen LogP) is 0.367. The average molecular weight is 223 g/mol. The molecule has 1 fully saturated rings. The zero-order valence-electron chi connectivity index (χ0n) is 9.39. The topological polar surface area (TPSA) is 69.2 Å². The Balaban J connectivity index is 2.02. The summed E-state index contributed by atoms with van der Waals surface area (Å²) in [5.74, 6) is 0.381. The first kappa shape index (κ1) is 11.1. The Labute approximate surface area is 94.1 Å². The van der Waals surface area contributed by atoms with Gasteiger partial charge in [0.15, 0.2) is 0 Å². The number of H-pyrrole nitrogens is 1. The molecule has 2 N–H and O–H groups in total. The Morgan fingerprint density at radius 2 is 2.25 bits per heavy atom. The summed E-state index contributed by atoms with van der Waals surface area (Å²) in [4.78, 5) is 13.3. The van der Waals surface area contributed by atoms with Crippen molar-refractivity contribution in [2.24, 2.45) is 5.92 Å². The molecular formula is C11H17N3O2. The van der Waals surface area contributed by atoms with Crippen LogP contribution in [0.15, 0.2) is 17.1 Å². The molecule has 0 saturated carbocycles. The van der Waals surface area contributed by atoms with Gasteiger partial charge in [-0.3, -0.25) is 4.79 Å². The van der Waals surface area contributed by atoms with Crippen molar-refractivity contribution >= 4 is 5.69 Å².